The number of aliphatic hydroxyl groups excluding tert-OH is 1. The molecule has 0 aromatic heterocycles. The third-order valence-electron chi connectivity index (χ3n) is 5.29. The van der Waals surface area contributed by atoms with Gasteiger partial charge >= 0.3 is 0 Å². The molecule has 6 nitrogen and oxygen atoms in total. The second-order valence-corrected chi connectivity index (χ2v) is 7.51. The molecule has 1 heterocycles. The van der Waals surface area contributed by atoms with Gasteiger partial charge in [0, 0.05) is 19.6 Å². The lowest BCUT2D eigenvalue weighted by atomic mass is 9.99. The first-order chi connectivity index (χ1) is 14.0. The number of aliphatic hydroxyl groups is 1. The smallest absolute Gasteiger partial charge is 0.242 e. The molecule has 1 fully saturated rings. The van der Waals surface area contributed by atoms with E-state index in [0.717, 1.165) is 11.1 Å². The maximum atomic E-state index is 13.1. The number of rotatable bonds is 7. The van der Waals surface area contributed by atoms with E-state index >= 15 is 0 Å². The average Bonchev–Trinajstić information content (AvgIpc) is 2.75. The molecule has 2 aromatic carbocycles. The zero-order valence-corrected chi connectivity index (χ0v) is 16.8. The van der Waals surface area contributed by atoms with Crippen LogP contribution in [0, 0.1) is 0 Å². The second-order valence-electron chi connectivity index (χ2n) is 7.51. The predicted octanol–water partition coefficient (Wildman–Crippen LogP) is 2.01. The minimum Gasteiger partial charge on any atom is -0.393 e. The fraction of sp³-hybridized carbons (Fsp3) is 0.391. The van der Waals surface area contributed by atoms with Gasteiger partial charge in [0.25, 0.3) is 0 Å². The molecule has 2 amide bonds. The van der Waals surface area contributed by atoms with Gasteiger partial charge in [-0.2, -0.15) is 0 Å². The Morgan fingerprint density at radius 1 is 1.00 bits per heavy atom. The molecular weight excluding hydrogens is 366 g/mol. The molecule has 154 valence electrons. The van der Waals surface area contributed by atoms with Crippen LogP contribution in [0.4, 0.5) is 0 Å². The van der Waals surface area contributed by atoms with Crippen LogP contribution in [-0.2, 0) is 16.1 Å². The van der Waals surface area contributed by atoms with Crippen LogP contribution in [0.15, 0.2) is 60.7 Å². The molecule has 0 bridgehead atoms. The summed E-state index contributed by atoms with van der Waals surface area (Å²) < 4.78 is 0. The van der Waals surface area contributed by atoms with Crippen molar-refractivity contribution in [3.05, 3.63) is 71.8 Å². The third-order valence-corrected chi connectivity index (χ3v) is 5.29. The van der Waals surface area contributed by atoms with Crippen LogP contribution >= 0.6 is 0 Å². The van der Waals surface area contributed by atoms with Gasteiger partial charge in [-0.1, -0.05) is 60.7 Å². The zero-order chi connectivity index (χ0) is 20.6. The van der Waals surface area contributed by atoms with Gasteiger partial charge in [0.05, 0.1) is 6.10 Å². The van der Waals surface area contributed by atoms with E-state index in [9.17, 15) is 14.7 Å². The van der Waals surface area contributed by atoms with Crippen LogP contribution in [0.3, 0.4) is 0 Å². The summed E-state index contributed by atoms with van der Waals surface area (Å²) in [5.41, 5.74) is 1.90. The van der Waals surface area contributed by atoms with Crippen LogP contribution in [0.1, 0.15) is 36.9 Å². The Bertz CT molecular complexity index is 790. The topological polar surface area (TPSA) is 81.7 Å². The lowest BCUT2D eigenvalue weighted by Gasteiger charge is -2.36. The lowest BCUT2D eigenvalue weighted by molar-refractivity contribution is -0.132. The third kappa shape index (κ3) is 5.89. The molecule has 2 aromatic rings. The molecule has 0 radical (unpaired) electrons. The minimum atomic E-state index is -0.646. The van der Waals surface area contributed by atoms with Gasteiger partial charge in [-0.25, -0.2) is 0 Å². The van der Waals surface area contributed by atoms with E-state index in [1.807, 2.05) is 60.7 Å². The van der Waals surface area contributed by atoms with Crippen LogP contribution < -0.4 is 10.6 Å². The summed E-state index contributed by atoms with van der Waals surface area (Å²) in [5, 5.41) is 15.5. The number of hydrogen-bond donors (Lipinski definition) is 3. The number of carbonyl (C=O) groups is 2. The van der Waals surface area contributed by atoms with Crippen molar-refractivity contribution in [2.75, 3.05) is 13.1 Å². The average molecular weight is 396 g/mol. The fourth-order valence-corrected chi connectivity index (χ4v) is 3.60. The van der Waals surface area contributed by atoms with E-state index < -0.39 is 12.1 Å². The maximum Gasteiger partial charge on any atom is 0.242 e. The zero-order valence-electron chi connectivity index (χ0n) is 16.8. The molecular formula is C23H29N3O3. The van der Waals surface area contributed by atoms with Crippen molar-refractivity contribution >= 4 is 11.8 Å². The van der Waals surface area contributed by atoms with Crippen molar-refractivity contribution in [2.24, 2.45) is 0 Å². The Kier molecular flexibility index (Phi) is 7.38. The van der Waals surface area contributed by atoms with Gasteiger partial charge < -0.3 is 15.7 Å². The highest BCUT2D eigenvalue weighted by atomic mass is 16.3. The number of benzene rings is 2. The van der Waals surface area contributed by atoms with Crippen molar-refractivity contribution in [3.8, 4) is 0 Å². The van der Waals surface area contributed by atoms with Crippen LogP contribution in [0.2, 0.25) is 0 Å². The van der Waals surface area contributed by atoms with Gasteiger partial charge in [-0.3, -0.25) is 14.5 Å². The van der Waals surface area contributed by atoms with Crippen LogP contribution in [0.5, 0.6) is 0 Å². The summed E-state index contributed by atoms with van der Waals surface area (Å²) in [5.74, 6) is -0.418. The fourth-order valence-electron chi connectivity index (χ4n) is 3.60. The Hall–Kier alpha value is -2.70. The molecule has 29 heavy (non-hydrogen) atoms. The van der Waals surface area contributed by atoms with Gasteiger partial charge in [0.15, 0.2) is 0 Å². The van der Waals surface area contributed by atoms with Gasteiger partial charge in [-0.15, -0.1) is 0 Å². The van der Waals surface area contributed by atoms with E-state index in [1.165, 1.54) is 0 Å². The first-order valence-electron chi connectivity index (χ1n) is 10.1. The molecule has 1 aliphatic rings. The molecule has 0 aliphatic carbocycles. The second kappa shape index (κ2) is 10.2. The molecule has 3 rings (SSSR count). The summed E-state index contributed by atoms with van der Waals surface area (Å²) in [6.07, 6.45) is 0.974. The van der Waals surface area contributed by atoms with E-state index in [1.54, 1.807) is 6.92 Å². The van der Waals surface area contributed by atoms with E-state index in [4.69, 9.17) is 0 Å². The van der Waals surface area contributed by atoms with Gasteiger partial charge in [-0.05, 0) is 30.9 Å². The monoisotopic (exact) mass is 395 g/mol. The normalized spacial score (nSPS) is 17.3. The number of nitrogens with zero attached hydrogens (tertiary/aromatic N) is 1. The number of nitrogens with one attached hydrogen (secondary N) is 2. The van der Waals surface area contributed by atoms with Crippen molar-refractivity contribution in [1.29, 1.82) is 0 Å². The Morgan fingerprint density at radius 2 is 1.59 bits per heavy atom. The highest BCUT2D eigenvalue weighted by molar-refractivity contribution is 5.90. The molecule has 0 saturated carbocycles. The predicted molar refractivity (Wildman–Crippen MR) is 112 cm³/mol. The molecule has 1 aliphatic heterocycles. The number of likely N-dealkylation sites (tertiary alicyclic amines) is 1. The van der Waals surface area contributed by atoms with Crippen molar-refractivity contribution in [2.45, 2.75) is 44.5 Å². The van der Waals surface area contributed by atoms with Crippen LogP contribution in [0.25, 0.3) is 0 Å². The number of hydrogen-bond acceptors (Lipinski definition) is 4. The molecule has 0 spiro atoms. The Labute approximate surface area is 171 Å². The van der Waals surface area contributed by atoms with Gasteiger partial charge in [0.2, 0.25) is 11.8 Å². The lowest BCUT2D eigenvalue weighted by Crippen LogP contribution is -2.50. The summed E-state index contributed by atoms with van der Waals surface area (Å²) in [6, 6.07) is 18.1. The highest BCUT2D eigenvalue weighted by Gasteiger charge is 2.32. The summed E-state index contributed by atoms with van der Waals surface area (Å²) >= 11 is 0. The Balaban J connectivity index is 1.63. The number of piperidine rings is 1. The molecule has 2 unspecified atom stereocenters. The Morgan fingerprint density at radius 3 is 2.21 bits per heavy atom. The molecule has 6 heteroatoms. The van der Waals surface area contributed by atoms with Gasteiger partial charge in [0.1, 0.15) is 12.1 Å². The minimum absolute atomic E-state index is 0.199. The van der Waals surface area contributed by atoms with Crippen molar-refractivity contribution in [1.82, 2.24) is 15.5 Å². The van der Waals surface area contributed by atoms with E-state index in [-0.39, 0.29) is 17.9 Å². The van der Waals surface area contributed by atoms with Crippen molar-refractivity contribution < 1.29 is 14.7 Å². The summed E-state index contributed by atoms with van der Waals surface area (Å²) in [7, 11) is 0. The van der Waals surface area contributed by atoms with E-state index in [0.29, 0.717) is 32.5 Å². The summed E-state index contributed by atoms with van der Waals surface area (Å²) in [4.78, 5) is 27.7. The maximum absolute atomic E-state index is 13.1. The number of amides is 2. The molecule has 1 saturated heterocycles. The highest BCUT2D eigenvalue weighted by Crippen LogP contribution is 2.25. The quantitative estimate of drug-likeness (QED) is 0.670. The van der Waals surface area contributed by atoms with Crippen molar-refractivity contribution in [3.63, 3.8) is 0 Å². The number of carbonyl (C=O) groups excluding carboxylic acids is 2. The standard InChI is InChI=1S/C23H29N3O3/c1-17(22(28)24-16-18-8-4-2-5-9-18)25-23(29)21(19-10-6-3-7-11-19)26-14-12-20(27)13-15-26/h2-11,17,20-21,27H,12-16H2,1H3,(H,24,28)(H,25,29). The molecule has 2 atom stereocenters. The van der Waals surface area contributed by atoms with E-state index in [2.05, 4.69) is 15.5 Å². The first kappa shape index (κ1) is 21.0. The SMILES string of the molecule is CC(NC(=O)C(c1ccccc1)N1CCC(O)CC1)C(=O)NCc1ccccc1. The largest absolute Gasteiger partial charge is 0.393 e. The summed E-state index contributed by atoms with van der Waals surface area (Å²) in [6.45, 7) is 3.40. The molecule has 3 N–H and O–H groups in total. The van der Waals surface area contributed by atoms with Crippen LogP contribution in [-0.4, -0.2) is 47.1 Å². The first-order valence-corrected chi connectivity index (χ1v) is 10.1.